The van der Waals surface area contributed by atoms with Gasteiger partial charge in [0, 0.05) is 37.1 Å². The van der Waals surface area contributed by atoms with Crippen molar-refractivity contribution in [2.45, 2.75) is 20.5 Å². The van der Waals surface area contributed by atoms with Crippen LogP contribution in [0.25, 0.3) is 0 Å². The molecule has 0 atom stereocenters. The Kier molecular flexibility index (Phi) is 4.68. The number of piperazine rings is 1. The zero-order valence-corrected chi connectivity index (χ0v) is 14.5. The lowest BCUT2D eigenvalue weighted by atomic mass is 10.1. The van der Waals surface area contributed by atoms with Gasteiger partial charge in [-0.05, 0) is 31.5 Å². The number of rotatable bonds is 4. The standard InChI is InChI=1S/C16H20N4O3S/c1-11-12(2)24-16(17-11)19-7-5-18(6-8-19)15-9-13(10-21)3-4-14(15)20(22)23/h3-4,9,21H,5-8,10H2,1-2H3. The Morgan fingerprint density at radius 1 is 1.25 bits per heavy atom. The van der Waals surface area contributed by atoms with Crippen LogP contribution in [-0.2, 0) is 6.61 Å². The van der Waals surface area contributed by atoms with Crippen LogP contribution >= 0.6 is 11.3 Å². The molecule has 0 bridgehead atoms. The quantitative estimate of drug-likeness (QED) is 0.675. The minimum Gasteiger partial charge on any atom is -0.392 e. The van der Waals surface area contributed by atoms with E-state index < -0.39 is 0 Å². The first-order valence-electron chi connectivity index (χ1n) is 7.81. The van der Waals surface area contributed by atoms with Crippen LogP contribution in [0.15, 0.2) is 18.2 Å². The van der Waals surface area contributed by atoms with Crippen LogP contribution in [0, 0.1) is 24.0 Å². The number of nitrogens with zero attached hydrogens (tertiary/aromatic N) is 4. The average Bonchev–Trinajstić information content (AvgIpc) is 2.93. The van der Waals surface area contributed by atoms with Gasteiger partial charge in [0.05, 0.1) is 17.2 Å². The van der Waals surface area contributed by atoms with Crippen molar-refractivity contribution in [3.05, 3.63) is 44.4 Å². The second kappa shape index (κ2) is 6.74. The molecule has 8 heteroatoms. The van der Waals surface area contributed by atoms with Gasteiger partial charge < -0.3 is 14.9 Å². The van der Waals surface area contributed by atoms with Gasteiger partial charge in [-0.15, -0.1) is 11.3 Å². The summed E-state index contributed by atoms with van der Waals surface area (Å²) in [6.07, 6.45) is 0. The molecule has 1 aromatic heterocycles. The molecule has 0 radical (unpaired) electrons. The number of aliphatic hydroxyl groups excluding tert-OH is 1. The van der Waals surface area contributed by atoms with E-state index in [0.717, 1.165) is 23.9 Å². The summed E-state index contributed by atoms with van der Waals surface area (Å²) < 4.78 is 0. The summed E-state index contributed by atoms with van der Waals surface area (Å²) in [7, 11) is 0. The minimum absolute atomic E-state index is 0.0848. The van der Waals surface area contributed by atoms with Crippen LogP contribution in [0.3, 0.4) is 0 Å². The van der Waals surface area contributed by atoms with E-state index in [0.29, 0.717) is 24.3 Å². The Balaban J connectivity index is 1.78. The van der Waals surface area contributed by atoms with Gasteiger partial charge in [-0.3, -0.25) is 10.1 Å². The lowest BCUT2D eigenvalue weighted by molar-refractivity contribution is -0.384. The third-order valence-electron chi connectivity index (χ3n) is 4.33. The van der Waals surface area contributed by atoms with E-state index in [1.807, 2.05) is 11.8 Å². The van der Waals surface area contributed by atoms with Gasteiger partial charge in [-0.1, -0.05) is 0 Å². The van der Waals surface area contributed by atoms with Crippen molar-refractivity contribution in [2.24, 2.45) is 0 Å². The highest BCUT2D eigenvalue weighted by atomic mass is 32.1. The van der Waals surface area contributed by atoms with Gasteiger partial charge in [0.2, 0.25) is 0 Å². The second-order valence-electron chi connectivity index (χ2n) is 5.85. The number of aryl methyl sites for hydroxylation is 2. The molecule has 24 heavy (non-hydrogen) atoms. The maximum atomic E-state index is 11.3. The maximum Gasteiger partial charge on any atom is 0.292 e. The number of hydrogen-bond acceptors (Lipinski definition) is 7. The van der Waals surface area contributed by atoms with E-state index in [1.165, 1.54) is 10.9 Å². The van der Waals surface area contributed by atoms with Crippen LogP contribution in [-0.4, -0.2) is 41.2 Å². The normalized spacial score (nSPS) is 15.0. The summed E-state index contributed by atoms with van der Waals surface area (Å²) >= 11 is 1.69. The fraction of sp³-hybridized carbons (Fsp3) is 0.438. The lowest BCUT2D eigenvalue weighted by Gasteiger charge is -2.35. The Morgan fingerprint density at radius 2 is 1.92 bits per heavy atom. The second-order valence-corrected chi connectivity index (χ2v) is 7.03. The maximum absolute atomic E-state index is 11.3. The molecule has 0 amide bonds. The molecule has 1 fully saturated rings. The van der Waals surface area contributed by atoms with Crippen LogP contribution in [0.2, 0.25) is 0 Å². The fourth-order valence-corrected chi connectivity index (χ4v) is 3.77. The molecule has 1 N–H and O–H groups in total. The van der Waals surface area contributed by atoms with E-state index in [-0.39, 0.29) is 17.2 Å². The summed E-state index contributed by atoms with van der Waals surface area (Å²) in [5.41, 5.74) is 2.41. The summed E-state index contributed by atoms with van der Waals surface area (Å²) in [5, 5.41) is 21.6. The first kappa shape index (κ1) is 16.7. The first-order valence-corrected chi connectivity index (χ1v) is 8.63. The Hall–Kier alpha value is -2.19. The van der Waals surface area contributed by atoms with E-state index in [9.17, 15) is 15.2 Å². The van der Waals surface area contributed by atoms with Gasteiger partial charge in [0.1, 0.15) is 5.69 Å². The zero-order valence-electron chi connectivity index (χ0n) is 13.7. The van der Waals surface area contributed by atoms with Crippen LogP contribution in [0.4, 0.5) is 16.5 Å². The van der Waals surface area contributed by atoms with Crippen molar-refractivity contribution in [1.82, 2.24) is 4.98 Å². The van der Waals surface area contributed by atoms with Crippen molar-refractivity contribution in [2.75, 3.05) is 36.0 Å². The molecular weight excluding hydrogens is 328 g/mol. The van der Waals surface area contributed by atoms with Crippen LogP contribution < -0.4 is 9.80 Å². The number of aliphatic hydroxyl groups is 1. The number of hydrogen-bond donors (Lipinski definition) is 1. The molecule has 1 aliphatic rings. The van der Waals surface area contributed by atoms with E-state index in [1.54, 1.807) is 23.5 Å². The lowest BCUT2D eigenvalue weighted by Crippen LogP contribution is -2.46. The molecule has 1 aliphatic heterocycles. The summed E-state index contributed by atoms with van der Waals surface area (Å²) in [5.74, 6) is 0. The van der Waals surface area contributed by atoms with Crippen LogP contribution in [0.5, 0.6) is 0 Å². The van der Waals surface area contributed by atoms with E-state index >= 15 is 0 Å². The minimum atomic E-state index is -0.365. The van der Waals surface area contributed by atoms with Crippen molar-refractivity contribution >= 4 is 27.8 Å². The third-order valence-corrected chi connectivity index (χ3v) is 5.46. The summed E-state index contributed by atoms with van der Waals surface area (Å²) in [4.78, 5) is 21.0. The highest BCUT2D eigenvalue weighted by molar-refractivity contribution is 7.15. The number of nitro benzene ring substituents is 1. The van der Waals surface area contributed by atoms with Gasteiger partial charge in [-0.25, -0.2) is 4.98 Å². The van der Waals surface area contributed by atoms with Crippen molar-refractivity contribution in [1.29, 1.82) is 0 Å². The molecule has 1 aromatic carbocycles. The predicted molar refractivity (Wildman–Crippen MR) is 95.0 cm³/mol. The fourth-order valence-electron chi connectivity index (χ4n) is 2.80. The SMILES string of the molecule is Cc1nc(N2CCN(c3cc(CO)ccc3[N+](=O)[O-])CC2)sc1C. The number of nitro groups is 1. The molecule has 2 heterocycles. The number of aromatic nitrogens is 1. The van der Waals surface area contributed by atoms with Gasteiger partial charge in [0.25, 0.3) is 5.69 Å². The molecule has 0 unspecified atom stereocenters. The van der Waals surface area contributed by atoms with Gasteiger partial charge in [0.15, 0.2) is 5.13 Å². The zero-order chi connectivity index (χ0) is 17.3. The summed E-state index contributed by atoms with van der Waals surface area (Å²) in [6, 6.07) is 4.78. The molecule has 1 saturated heterocycles. The molecule has 0 saturated carbocycles. The smallest absolute Gasteiger partial charge is 0.292 e. The topological polar surface area (TPSA) is 82.7 Å². The Labute approximate surface area is 144 Å². The molecule has 0 aliphatic carbocycles. The molecule has 3 rings (SSSR count). The van der Waals surface area contributed by atoms with Crippen molar-refractivity contribution in [3.8, 4) is 0 Å². The van der Waals surface area contributed by atoms with Crippen molar-refractivity contribution in [3.63, 3.8) is 0 Å². The molecular formula is C16H20N4O3S. The number of benzene rings is 1. The Bertz CT molecular complexity index is 734. The van der Waals surface area contributed by atoms with E-state index in [4.69, 9.17) is 0 Å². The van der Waals surface area contributed by atoms with Gasteiger partial charge >= 0.3 is 0 Å². The van der Waals surface area contributed by atoms with Crippen molar-refractivity contribution < 1.29 is 10.0 Å². The largest absolute Gasteiger partial charge is 0.392 e. The molecule has 128 valence electrons. The predicted octanol–water partition coefficient (Wildman–Crippen LogP) is 2.49. The average molecular weight is 348 g/mol. The molecule has 7 nitrogen and oxygen atoms in total. The molecule has 0 spiro atoms. The third kappa shape index (κ3) is 3.20. The summed E-state index contributed by atoms with van der Waals surface area (Å²) in [6.45, 7) is 6.87. The highest BCUT2D eigenvalue weighted by Crippen LogP contribution is 2.32. The Morgan fingerprint density at radius 3 is 2.46 bits per heavy atom. The number of thiazole rings is 1. The monoisotopic (exact) mass is 348 g/mol. The van der Waals surface area contributed by atoms with Crippen LogP contribution in [0.1, 0.15) is 16.1 Å². The molecule has 2 aromatic rings. The first-order chi connectivity index (χ1) is 11.5. The number of anilines is 2. The highest BCUT2D eigenvalue weighted by Gasteiger charge is 2.25. The van der Waals surface area contributed by atoms with E-state index in [2.05, 4.69) is 16.8 Å². The van der Waals surface area contributed by atoms with Gasteiger partial charge in [-0.2, -0.15) is 0 Å².